The SMILES string of the molecule is CCC(Nc1cccc2[nH]ncc12)c1ccccc1. The van der Waals surface area contributed by atoms with Crippen molar-refractivity contribution in [3.05, 3.63) is 60.3 Å². The van der Waals surface area contributed by atoms with Crippen molar-refractivity contribution in [2.24, 2.45) is 0 Å². The highest BCUT2D eigenvalue weighted by molar-refractivity contribution is 5.90. The molecule has 1 atom stereocenters. The van der Waals surface area contributed by atoms with Gasteiger partial charge in [-0.15, -0.1) is 0 Å². The standard InChI is InChI=1S/C16H17N3/c1-2-14(12-7-4-3-5-8-12)18-15-9-6-10-16-13(15)11-17-19-16/h3-11,14,18H,2H2,1H3,(H,17,19). The maximum atomic E-state index is 4.10. The van der Waals surface area contributed by atoms with E-state index in [2.05, 4.69) is 52.8 Å². The highest BCUT2D eigenvalue weighted by Gasteiger charge is 2.10. The van der Waals surface area contributed by atoms with Gasteiger partial charge in [-0.1, -0.05) is 43.3 Å². The van der Waals surface area contributed by atoms with E-state index in [1.807, 2.05) is 24.4 Å². The summed E-state index contributed by atoms with van der Waals surface area (Å²) >= 11 is 0. The van der Waals surface area contributed by atoms with E-state index in [-0.39, 0.29) is 0 Å². The third kappa shape index (κ3) is 2.32. The van der Waals surface area contributed by atoms with Crippen LogP contribution in [0.2, 0.25) is 0 Å². The summed E-state index contributed by atoms with van der Waals surface area (Å²) in [5.41, 5.74) is 3.50. The van der Waals surface area contributed by atoms with Gasteiger partial charge < -0.3 is 5.32 Å². The molecule has 0 saturated heterocycles. The molecule has 3 aromatic rings. The minimum Gasteiger partial charge on any atom is -0.378 e. The van der Waals surface area contributed by atoms with Crippen molar-refractivity contribution in [1.29, 1.82) is 0 Å². The Morgan fingerprint density at radius 2 is 1.95 bits per heavy atom. The van der Waals surface area contributed by atoms with Gasteiger partial charge in [0.1, 0.15) is 0 Å². The number of benzene rings is 2. The van der Waals surface area contributed by atoms with Gasteiger partial charge in [0.2, 0.25) is 0 Å². The van der Waals surface area contributed by atoms with E-state index in [1.165, 1.54) is 5.56 Å². The molecule has 0 aliphatic heterocycles. The van der Waals surface area contributed by atoms with E-state index in [4.69, 9.17) is 0 Å². The first-order valence-electron chi connectivity index (χ1n) is 6.62. The van der Waals surface area contributed by atoms with Gasteiger partial charge in [-0.25, -0.2) is 0 Å². The number of rotatable bonds is 4. The van der Waals surface area contributed by atoms with Crippen LogP contribution in [-0.4, -0.2) is 10.2 Å². The first kappa shape index (κ1) is 11.8. The number of anilines is 1. The van der Waals surface area contributed by atoms with Gasteiger partial charge in [0.15, 0.2) is 0 Å². The van der Waals surface area contributed by atoms with Crippen molar-refractivity contribution in [1.82, 2.24) is 10.2 Å². The molecule has 0 radical (unpaired) electrons. The second-order valence-corrected chi connectivity index (χ2v) is 4.65. The molecule has 2 N–H and O–H groups in total. The van der Waals surface area contributed by atoms with Crippen LogP contribution in [0.1, 0.15) is 24.9 Å². The lowest BCUT2D eigenvalue weighted by molar-refractivity contribution is 0.750. The van der Waals surface area contributed by atoms with E-state index >= 15 is 0 Å². The monoisotopic (exact) mass is 251 g/mol. The van der Waals surface area contributed by atoms with E-state index in [9.17, 15) is 0 Å². The quantitative estimate of drug-likeness (QED) is 0.732. The van der Waals surface area contributed by atoms with Gasteiger partial charge in [0, 0.05) is 11.1 Å². The summed E-state index contributed by atoms with van der Waals surface area (Å²) in [7, 11) is 0. The summed E-state index contributed by atoms with van der Waals surface area (Å²) in [6, 6.07) is 17.0. The Balaban J connectivity index is 1.93. The van der Waals surface area contributed by atoms with Crippen molar-refractivity contribution in [3.8, 4) is 0 Å². The summed E-state index contributed by atoms with van der Waals surface area (Å²) in [5, 5.41) is 11.9. The largest absolute Gasteiger partial charge is 0.378 e. The van der Waals surface area contributed by atoms with Gasteiger partial charge >= 0.3 is 0 Å². The molecular weight excluding hydrogens is 234 g/mol. The average Bonchev–Trinajstić information content (AvgIpc) is 2.95. The van der Waals surface area contributed by atoms with Crippen molar-refractivity contribution in [2.75, 3.05) is 5.32 Å². The minimum atomic E-state index is 0.321. The molecule has 0 saturated carbocycles. The molecule has 0 fully saturated rings. The summed E-state index contributed by atoms with van der Waals surface area (Å²) in [5.74, 6) is 0. The number of H-pyrrole nitrogens is 1. The number of fused-ring (bicyclic) bond motifs is 1. The van der Waals surface area contributed by atoms with Crippen LogP contribution in [0.15, 0.2) is 54.7 Å². The average molecular weight is 251 g/mol. The molecule has 19 heavy (non-hydrogen) atoms. The van der Waals surface area contributed by atoms with Crippen LogP contribution in [0, 0.1) is 0 Å². The molecule has 0 aliphatic carbocycles. The summed E-state index contributed by atoms with van der Waals surface area (Å²) in [6.45, 7) is 2.19. The highest BCUT2D eigenvalue weighted by Crippen LogP contribution is 2.27. The Hall–Kier alpha value is -2.29. The zero-order valence-electron chi connectivity index (χ0n) is 10.9. The van der Waals surface area contributed by atoms with Crippen molar-refractivity contribution >= 4 is 16.6 Å². The molecule has 3 rings (SSSR count). The summed E-state index contributed by atoms with van der Waals surface area (Å²) in [4.78, 5) is 0. The number of nitrogens with one attached hydrogen (secondary N) is 2. The summed E-state index contributed by atoms with van der Waals surface area (Å²) in [6.07, 6.45) is 2.91. The van der Waals surface area contributed by atoms with Crippen LogP contribution in [-0.2, 0) is 0 Å². The predicted octanol–water partition coefficient (Wildman–Crippen LogP) is 4.13. The molecular formula is C16H17N3. The molecule has 0 aliphatic rings. The highest BCUT2D eigenvalue weighted by atomic mass is 15.1. The Bertz CT molecular complexity index is 658. The number of hydrogen-bond acceptors (Lipinski definition) is 2. The normalized spacial score (nSPS) is 12.5. The fraction of sp³-hybridized carbons (Fsp3) is 0.188. The smallest absolute Gasteiger partial charge is 0.0671 e. The maximum absolute atomic E-state index is 4.10. The molecule has 0 amide bonds. The molecule has 3 heteroatoms. The van der Waals surface area contributed by atoms with E-state index < -0.39 is 0 Å². The molecule has 1 heterocycles. The van der Waals surface area contributed by atoms with Crippen LogP contribution in [0.5, 0.6) is 0 Å². The lowest BCUT2D eigenvalue weighted by Gasteiger charge is -2.19. The van der Waals surface area contributed by atoms with Gasteiger partial charge in [-0.2, -0.15) is 5.10 Å². The van der Waals surface area contributed by atoms with Crippen molar-refractivity contribution < 1.29 is 0 Å². The third-order valence-corrected chi connectivity index (χ3v) is 3.42. The van der Waals surface area contributed by atoms with Crippen LogP contribution < -0.4 is 5.32 Å². The van der Waals surface area contributed by atoms with Crippen molar-refractivity contribution in [3.63, 3.8) is 0 Å². The summed E-state index contributed by atoms with van der Waals surface area (Å²) < 4.78 is 0. The zero-order chi connectivity index (χ0) is 13.1. The van der Waals surface area contributed by atoms with E-state index in [1.54, 1.807) is 0 Å². The fourth-order valence-electron chi connectivity index (χ4n) is 2.39. The van der Waals surface area contributed by atoms with Crippen LogP contribution in [0.25, 0.3) is 10.9 Å². The molecule has 3 nitrogen and oxygen atoms in total. The molecule has 96 valence electrons. The number of hydrogen-bond donors (Lipinski definition) is 2. The number of aromatic nitrogens is 2. The minimum absolute atomic E-state index is 0.321. The molecule has 2 aromatic carbocycles. The molecule has 1 aromatic heterocycles. The molecule has 1 unspecified atom stereocenters. The van der Waals surface area contributed by atoms with Gasteiger partial charge in [-0.3, -0.25) is 5.10 Å². The second kappa shape index (κ2) is 5.14. The number of nitrogens with zero attached hydrogens (tertiary/aromatic N) is 1. The van der Waals surface area contributed by atoms with Crippen LogP contribution in [0.3, 0.4) is 0 Å². The van der Waals surface area contributed by atoms with Gasteiger partial charge in [0.05, 0.1) is 17.8 Å². The lowest BCUT2D eigenvalue weighted by atomic mass is 10.0. The Morgan fingerprint density at radius 3 is 2.74 bits per heavy atom. The van der Waals surface area contributed by atoms with Gasteiger partial charge in [-0.05, 0) is 24.1 Å². The lowest BCUT2D eigenvalue weighted by Crippen LogP contribution is -2.09. The predicted molar refractivity (Wildman–Crippen MR) is 79.2 cm³/mol. The fourth-order valence-corrected chi connectivity index (χ4v) is 2.39. The molecule has 0 bridgehead atoms. The van der Waals surface area contributed by atoms with Crippen LogP contribution >= 0.6 is 0 Å². The van der Waals surface area contributed by atoms with Crippen molar-refractivity contribution in [2.45, 2.75) is 19.4 Å². The Morgan fingerprint density at radius 1 is 1.11 bits per heavy atom. The van der Waals surface area contributed by atoms with E-state index in [0.717, 1.165) is 23.0 Å². The second-order valence-electron chi connectivity index (χ2n) is 4.65. The van der Waals surface area contributed by atoms with Crippen LogP contribution in [0.4, 0.5) is 5.69 Å². The first-order chi connectivity index (χ1) is 9.38. The Labute approximate surface area is 112 Å². The third-order valence-electron chi connectivity index (χ3n) is 3.42. The zero-order valence-corrected chi connectivity index (χ0v) is 10.9. The maximum Gasteiger partial charge on any atom is 0.0671 e. The molecule has 0 spiro atoms. The topological polar surface area (TPSA) is 40.7 Å². The van der Waals surface area contributed by atoms with Gasteiger partial charge in [0.25, 0.3) is 0 Å². The first-order valence-corrected chi connectivity index (χ1v) is 6.62. The number of aromatic amines is 1. The van der Waals surface area contributed by atoms with E-state index in [0.29, 0.717) is 6.04 Å². The Kier molecular flexibility index (Phi) is 3.19.